The van der Waals surface area contributed by atoms with Gasteiger partial charge >= 0.3 is 0 Å². The molecule has 1 atom stereocenters. The number of rotatable bonds is 3. The largest absolute Gasteiger partial charge is 0.356 e. The minimum absolute atomic E-state index is 0.173. The maximum atomic E-state index is 12.5. The summed E-state index contributed by atoms with van der Waals surface area (Å²) < 4.78 is 0. The van der Waals surface area contributed by atoms with Gasteiger partial charge in [-0.05, 0) is 56.0 Å². The second-order valence-corrected chi connectivity index (χ2v) is 7.79. The van der Waals surface area contributed by atoms with Crippen molar-refractivity contribution in [1.29, 1.82) is 0 Å². The Morgan fingerprint density at radius 2 is 2.04 bits per heavy atom. The molecule has 1 unspecified atom stereocenters. The summed E-state index contributed by atoms with van der Waals surface area (Å²) in [7, 11) is 0. The zero-order valence-corrected chi connectivity index (χ0v) is 15.4. The first kappa shape index (κ1) is 17.0. The quantitative estimate of drug-likeness (QED) is 0.853. The Bertz CT molecular complexity index is 779. The fourth-order valence-electron chi connectivity index (χ4n) is 4.36. The van der Waals surface area contributed by atoms with Crippen LogP contribution in [0, 0.1) is 12.3 Å². The summed E-state index contributed by atoms with van der Waals surface area (Å²) >= 11 is 0. The highest BCUT2D eigenvalue weighted by atomic mass is 16.2. The second-order valence-electron chi connectivity index (χ2n) is 7.79. The van der Waals surface area contributed by atoms with Crippen molar-refractivity contribution >= 4 is 11.7 Å². The molecule has 26 heavy (non-hydrogen) atoms. The molecule has 5 heteroatoms. The molecule has 0 aliphatic carbocycles. The van der Waals surface area contributed by atoms with Crippen LogP contribution in [0.25, 0.3) is 0 Å². The van der Waals surface area contributed by atoms with Crippen LogP contribution in [0.2, 0.25) is 0 Å². The Morgan fingerprint density at radius 1 is 1.12 bits per heavy atom. The number of likely N-dealkylation sites (tertiary alicyclic amines) is 1. The van der Waals surface area contributed by atoms with Crippen molar-refractivity contribution in [2.45, 2.75) is 39.2 Å². The maximum Gasteiger partial charge on any atom is 0.222 e. The minimum Gasteiger partial charge on any atom is -0.356 e. The number of aromatic nitrogens is 2. The predicted octanol–water partition coefficient (Wildman–Crippen LogP) is 3.19. The number of pyridine rings is 2. The Kier molecular flexibility index (Phi) is 4.62. The SMILES string of the molecule is Cc1ccnc(N2CCCC3(CCC(=O)N(Cc4ccccn4)C3)C2)c1. The predicted molar refractivity (Wildman–Crippen MR) is 102 cm³/mol. The summed E-state index contributed by atoms with van der Waals surface area (Å²) in [6.07, 6.45) is 7.65. The summed E-state index contributed by atoms with van der Waals surface area (Å²) in [6, 6.07) is 10.1. The van der Waals surface area contributed by atoms with E-state index in [2.05, 4.69) is 27.9 Å². The average molecular weight is 350 g/mol. The first-order valence-corrected chi connectivity index (χ1v) is 9.49. The van der Waals surface area contributed by atoms with Gasteiger partial charge in [0.25, 0.3) is 0 Å². The van der Waals surface area contributed by atoms with Gasteiger partial charge in [-0.3, -0.25) is 9.78 Å². The van der Waals surface area contributed by atoms with E-state index in [9.17, 15) is 4.79 Å². The lowest BCUT2D eigenvalue weighted by atomic mass is 9.73. The summed E-state index contributed by atoms with van der Waals surface area (Å²) in [5, 5.41) is 0. The van der Waals surface area contributed by atoms with E-state index in [0.29, 0.717) is 13.0 Å². The van der Waals surface area contributed by atoms with E-state index in [1.54, 1.807) is 6.20 Å². The molecule has 0 saturated carbocycles. The van der Waals surface area contributed by atoms with Crippen LogP contribution in [0.3, 0.4) is 0 Å². The molecule has 0 aromatic carbocycles. The number of nitrogens with zero attached hydrogens (tertiary/aromatic N) is 4. The molecule has 2 aliphatic rings. The lowest BCUT2D eigenvalue weighted by Crippen LogP contribution is -2.54. The zero-order valence-electron chi connectivity index (χ0n) is 15.4. The molecular weight excluding hydrogens is 324 g/mol. The van der Waals surface area contributed by atoms with Crippen molar-refractivity contribution < 1.29 is 4.79 Å². The molecule has 0 radical (unpaired) electrons. The van der Waals surface area contributed by atoms with E-state index >= 15 is 0 Å². The zero-order chi connectivity index (χ0) is 18.0. The fraction of sp³-hybridized carbons (Fsp3) is 0.476. The van der Waals surface area contributed by atoms with Crippen molar-refractivity contribution in [3.05, 3.63) is 54.0 Å². The average Bonchev–Trinajstić information content (AvgIpc) is 2.66. The van der Waals surface area contributed by atoms with Crippen molar-refractivity contribution in [3.63, 3.8) is 0 Å². The summed E-state index contributed by atoms with van der Waals surface area (Å²) in [6.45, 7) is 5.58. The van der Waals surface area contributed by atoms with Crippen molar-refractivity contribution in [2.75, 3.05) is 24.5 Å². The van der Waals surface area contributed by atoms with E-state index < -0.39 is 0 Å². The van der Waals surface area contributed by atoms with E-state index in [0.717, 1.165) is 44.0 Å². The molecule has 4 rings (SSSR count). The van der Waals surface area contributed by atoms with Crippen LogP contribution in [0.4, 0.5) is 5.82 Å². The first-order valence-electron chi connectivity index (χ1n) is 9.49. The first-order chi connectivity index (χ1) is 12.6. The molecule has 0 bridgehead atoms. The van der Waals surface area contributed by atoms with Gasteiger partial charge in [0, 0.05) is 43.9 Å². The summed E-state index contributed by atoms with van der Waals surface area (Å²) in [5.41, 5.74) is 2.38. The third-order valence-corrected chi connectivity index (χ3v) is 5.71. The number of carbonyl (C=O) groups is 1. The van der Waals surface area contributed by atoms with Gasteiger partial charge in [0.1, 0.15) is 5.82 Å². The number of amides is 1. The van der Waals surface area contributed by atoms with Crippen LogP contribution in [0.15, 0.2) is 42.7 Å². The highest BCUT2D eigenvalue weighted by Crippen LogP contribution is 2.40. The molecule has 4 heterocycles. The molecule has 0 N–H and O–H groups in total. The third kappa shape index (κ3) is 3.57. The minimum atomic E-state index is 0.173. The summed E-state index contributed by atoms with van der Waals surface area (Å²) in [4.78, 5) is 25.9. The maximum absolute atomic E-state index is 12.5. The molecule has 5 nitrogen and oxygen atoms in total. The van der Waals surface area contributed by atoms with Crippen LogP contribution >= 0.6 is 0 Å². The van der Waals surface area contributed by atoms with Gasteiger partial charge in [0.05, 0.1) is 12.2 Å². The number of carbonyl (C=O) groups excluding carboxylic acids is 1. The number of anilines is 1. The molecule has 2 aromatic rings. The molecule has 2 saturated heterocycles. The van der Waals surface area contributed by atoms with Crippen LogP contribution in [0.5, 0.6) is 0 Å². The highest BCUT2D eigenvalue weighted by Gasteiger charge is 2.42. The van der Waals surface area contributed by atoms with E-state index in [4.69, 9.17) is 0 Å². The molecule has 2 fully saturated rings. The number of hydrogen-bond donors (Lipinski definition) is 0. The van der Waals surface area contributed by atoms with Crippen LogP contribution in [-0.4, -0.2) is 40.4 Å². The topological polar surface area (TPSA) is 49.3 Å². The normalized spacial score (nSPS) is 23.5. The molecule has 1 amide bonds. The van der Waals surface area contributed by atoms with E-state index in [-0.39, 0.29) is 11.3 Å². The van der Waals surface area contributed by atoms with Crippen LogP contribution in [-0.2, 0) is 11.3 Å². The summed E-state index contributed by atoms with van der Waals surface area (Å²) in [5.74, 6) is 1.32. The standard InChI is InChI=1S/C21H26N4O/c1-17-7-11-23-19(13-17)24-12-4-8-21(15-24)9-6-20(26)25(16-21)14-18-5-2-3-10-22-18/h2-3,5,7,10-11,13H,4,6,8-9,12,14-16H2,1H3. The van der Waals surface area contributed by atoms with E-state index in [1.165, 1.54) is 12.0 Å². The van der Waals surface area contributed by atoms with Crippen molar-refractivity contribution in [2.24, 2.45) is 5.41 Å². The number of aryl methyl sites for hydroxylation is 1. The Morgan fingerprint density at radius 3 is 2.85 bits per heavy atom. The van der Waals surface area contributed by atoms with Crippen LogP contribution in [0.1, 0.15) is 36.9 Å². The van der Waals surface area contributed by atoms with Gasteiger partial charge in [-0.1, -0.05) is 6.07 Å². The lowest BCUT2D eigenvalue weighted by molar-refractivity contribution is -0.138. The van der Waals surface area contributed by atoms with Gasteiger partial charge in [-0.25, -0.2) is 4.98 Å². The lowest BCUT2D eigenvalue weighted by Gasteiger charge is -2.48. The monoisotopic (exact) mass is 350 g/mol. The van der Waals surface area contributed by atoms with Gasteiger partial charge in [-0.2, -0.15) is 0 Å². The van der Waals surface area contributed by atoms with Gasteiger partial charge in [0.2, 0.25) is 5.91 Å². The highest BCUT2D eigenvalue weighted by molar-refractivity contribution is 5.77. The molecule has 1 spiro atoms. The van der Waals surface area contributed by atoms with E-state index in [1.807, 2.05) is 35.4 Å². The van der Waals surface area contributed by atoms with Crippen molar-refractivity contribution in [1.82, 2.24) is 14.9 Å². The molecule has 136 valence electrons. The number of piperidine rings is 2. The molecule has 2 aromatic heterocycles. The van der Waals surface area contributed by atoms with Gasteiger partial charge in [0.15, 0.2) is 0 Å². The Labute approximate surface area is 155 Å². The smallest absolute Gasteiger partial charge is 0.222 e. The third-order valence-electron chi connectivity index (χ3n) is 5.71. The number of hydrogen-bond acceptors (Lipinski definition) is 4. The second kappa shape index (κ2) is 7.06. The van der Waals surface area contributed by atoms with Crippen LogP contribution < -0.4 is 4.90 Å². The van der Waals surface area contributed by atoms with Gasteiger partial charge in [-0.15, -0.1) is 0 Å². The molecule has 2 aliphatic heterocycles. The fourth-order valence-corrected chi connectivity index (χ4v) is 4.36. The van der Waals surface area contributed by atoms with Crippen molar-refractivity contribution in [3.8, 4) is 0 Å². The molecular formula is C21H26N4O. The Balaban J connectivity index is 1.51. The Hall–Kier alpha value is -2.43. The van der Waals surface area contributed by atoms with Gasteiger partial charge < -0.3 is 9.80 Å².